The average Bonchev–Trinajstić information content (AvgIpc) is 2.73. The highest BCUT2D eigenvalue weighted by molar-refractivity contribution is 5.51. The minimum absolute atomic E-state index is 0.204. The quantitative estimate of drug-likeness (QED) is 0.852. The predicted molar refractivity (Wildman–Crippen MR) is 66.1 cm³/mol. The van der Waals surface area contributed by atoms with Crippen molar-refractivity contribution in [1.29, 1.82) is 0 Å². The van der Waals surface area contributed by atoms with E-state index in [9.17, 15) is 5.11 Å². The molecule has 1 heterocycles. The largest absolute Gasteiger partial charge is 0.395 e. The van der Waals surface area contributed by atoms with Gasteiger partial charge in [-0.15, -0.1) is 0 Å². The normalized spacial score (nSPS) is 18.9. The molecule has 1 N–H and O–H groups in total. The fourth-order valence-electron chi connectivity index (χ4n) is 2.86. The van der Waals surface area contributed by atoms with Crippen molar-refractivity contribution in [2.24, 2.45) is 0 Å². The Morgan fingerprint density at radius 3 is 2.82 bits per heavy atom. The molecule has 0 atom stereocenters. The lowest BCUT2D eigenvalue weighted by molar-refractivity contribution is 0.282. The molecule has 0 aliphatic heterocycles. The second kappa shape index (κ2) is 4.61. The fraction of sp³-hybridized carbons (Fsp3) is 0.692. The van der Waals surface area contributed by atoms with Gasteiger partial charge in [-0.1, -0.05) is 0 Å². The van der Waals surface area contributed by atoms with Gasteiger partial charge in [-0.25, -0.2) is 9.97 Å². The van der Waals surface area contributed by atoms with E-state index >= 15 is 0 Å². The highest BCUT2D eigenvalue weighted by Gasteiger charge is 2.29. The third-order valence-electron chi connectivity index (χ3n) is 3.98. The Hall–Kier alpha value is -1.16. The average molecular weight is 233 g/mol. The summed E-state index contributed by atoms with van der Waals surface area (Å²) in [5.41, 5.74) is 2.55. The van der Waals surface area contributed by atoms with E-state index in [2.05, 4.69) is 14.9 Å². The Morgan fingerprint density at radius 1 is 1.24 bits per heavy atom. The summed E-state index contributed by atoms with van der Waals surface area (Å²) in [4.78, 5) is 11.1. The summed E-state index contributed by atoms with van der Waals surface area (Å²) < 4.78 is 0. The molecule has 0 amide bonds. The molecule has 0 unspecified atom stereocenters. The molecule has 0 bridgehead atoms. The molecule has 0 spiro atoms. The third-order valence-corrected chi connectivity index (χ3v) is 3.98. The van der Waals surface area contributed by atoms with Gasteiger partial charge in [0.25, 0.3) is 0 Å². The van der Waals surface area contributed by atoms with Gasteiger partial charge in [0, 0.05) is 23.8 Å². The molecule has 0 aromatic carbocycles. The van der Waals surface area contributed by atoms with E-state index in [1.54, 1.807) is 6.33 Å². The number of nitrogens with zero attached hydrogens (tertiary/aromatic N) is 3. The lowest BCUT2D eigenvalue weighted by atomic mass is 9.91. The Balaban J connectivity index is 1.92. The van der Waals surface area contributed by atoms with Gasteiger partial charge in [0.1, 0.15) is 12.1 Å². The Kier molecular flexibility index (Phi) is 2.97. The van der Waals surface area contributed by atoms with Crippen molar-refractivity contribution in [2.45, 2.75) is 44.6 Å². The maximum atomic E-state index is 9.23. The molecule has 0 radical (unpaired) electrons. The van der Waals surface area contributed by atoms with Gasteiger partial charge in [-0.3, -0.25) is 0 Å². The standard InChI is InChI=1S/C13H19N3O/c17-8-7-16(10-3-1-4-10)13-11-5-2-6-12(11)14-9-15-13/h9-10,17H,1-8H2. The van der Waals surface area contributed by atoms with E-state index in [1.807, 2.05) is 0 Å². The molecule has 17 heavy (non-hydrogen) atoms. The third kappa shape index (κ3) is 1.90. The molecular formula is C13H19N3O. The molecule has 1 fully saturated rings. The van der Waals surface area contributed by atoms with Crippen LogP contribution >= 0.6 is 0 Å². The molecule has 1 saturated carbocycles. The zero-order valence-electron chi connectivity index (χ0n) is 10.1. The Labute approximate surface area is 102 Å². The topological polar surface area (TPSA) is 49.2 Å². The summed E-state index contributed by atoms with van der Waals surface area (Å²) in [6.07, 6.45) is 8.83. The van der Waals surface area contributed by atoms with Gasteiger partial charge in [0.15, 0.2) is 0 Å². The minimum Gasteiger partial charge on any atom is -0.395 e. The number of aryl methyl sites for hydroxylation is 1. The van der Waals surface area contributed by atoms with Gasteiger partial charge < -0.3 is 10.0 Å². The van der Waals surface area contributed by atoms with Crippen molar-refractivity contribution in [3.8, 4) is 0 Å². The van der Waals surface area contributed by atoms with Crippen molar-refractivity contribution in [1.82, 2.24) is 9.97 Å². The number of hydrogen-bond acceptors (Lipinski definition) is 4. The summed E-state index contributed by atoms with van der Waals surface area (Å²) >= 11 is 0. The van der Waals surface area contributed by atoms with Crippen LogP contribution in [0.5, 0.6) is 0 Å². The highest BCUT2D eigenvalue weighted by atomic mass is 16.3. The van der Waals surface area contributed by atoms with E-state index in [0.29, 0.717) is 12.6 Å². The van der Waals surface area contributed by atoms with Crippen LogP contribution in [-0.4, -0.2) is 34.3 Å². The van der Waals surface area contributed by atoms with Crippen LogP contribution in [0.1, 0.15) is 36.9 Å². The molecule has 1 aromatic heterocycles. The highest BCUT2D eigenvalue weighted by Crippen LogP contribution is 2.33. The SMILES string of the molecule is OCCN(c1ncnc2c1CCC2)C1CCC1. The van der Waals surface area contributed by atoms with Crippen LogP contribution in [0.2, 0.25) is 0 Å². The Morgan fingerprint density at radius 2 is 2.12 bits per heavy atom. The number of hydrogen-bond donors (Lipinski definition) is 1. The first-order valence-corrected chi connectivity index (χ1v) is 6.60. The van der Waals surface area contributed by atoms with Gasteiger partial charge in [0.05, 0.1) is 6.61 Å². The van der Waals surface area contributed by atoms with Crippen molar-refractivity contribution >= 4 is 5.82 Å². The molecule has 92 valence electrons. The molecule has 2 aliphatic carbocycles. The Bertz CT molecular complexity index is 404. The van der Waals surface area contributed by atoms with Crippen LogP contribution in [0.4, 0.5) is 5.82 Å². The van der Waals surface area contributed by atoms with Crippen LogP contribution in [0, 0.1) is 0 Å². The van der Waals surface area contributed by atoms with E-state index in [4.69, 9.17) is 0 Å². The molecule has 0 saturated heterocycles. The number of aliphatic hydroxyl groups excluding tert-OH is 1. The van der Waals surface area contributed by atoms with E-state index in [0.717, 1.165) is 18.7 Å². The minimum atomic E-state index is 0.204. The van der Waals surface area contributed by atoms with E-state index < -0.39 is 0 Å². The summed E-state index contributed by atoms with van der Waals surface area (Å²) in [7, 11) is 0. The monoisotopic (exact) mass is 233 g/mol. The lowest BCUT2D eigenvalue weighted by Gasteiger charge is -2.38. The van der Waals surface area contributed by atoms with Crippen LogP contribution in [0.15, 0.2) is 6.33 Å². The maximum absolute atomic E-state index is 9.23. The molecule has 4 heteroatoms. The van der Waals surface area contributed by atoms with Crippen LogP contribution in [-0.2, 0) is 12.8 Å². The van der Waals surface area contributed by atoms with Crippen LogP contribution in [0.3, 0.4) is 0 Å². The molecule has 3 rings (SSSR count). The number of aromatic nitrogens is 2. The van der Waals surface area contributed by atoms with Crippen LogP contribution in [0.25, 0.3) is 0 Å². The number of fused-ring (bicyclic) bond motifs is 1. The van der Waals surface area contributed by atoms with Crippen molar-refractivity contribution in [3.05, 3.63) is 17.6 Å². The predicted octanol–water partition coefficient (Wildman–Crippen LogP) is 1.32. The second-order valence-electron chi connectivity index (χ2n) is 4.98. The van der Waals surface area contributed by atoms with Gasteiger partial charge in [-0.05, 0) is 38.5 Å². The number of rotatable bonds is 4. The van der Waals surface area contributed by atoms with E-state index in [1.165, 1.54) is 36.9 Å². The number of aliphatic hydroxyl groups is 1. The summed E-state index contributed by atoms with van der Waals surface area (Å²) in [5.74, 6) is 1.09. The first kappa shape index (κ1) is 11.0. The number of anilines is 1. The molecular weight excluding hydrogens is 214 g/mol. The summed E-state index contributed by atoms with van der Waals surface area (Å²) in [5, 5.41) is 9.23. The van der Waals surface area contributed by atoms with Gasteiger partial charge in [-0.2, -0.15) is 0 Å². The second-order valence-corrected chi connectivity index (χ2v) is 4.98. The molecule has 4 nitrogen and oxygen atoms in total. The lowest BCUT2D eigenvalue weighted by Crippen LogP contribution is -2.43. The van der Waals surface area contributed by atoms with Crippen molar-refractivity contribution in [3.63, 3.8) is 0 Å². The summed E-state index contributed by atoms with van der Waals surface area (Å²) in [6, 6.07) is 0.585. The van der Waals surface area contributed by atoms with Gasteiger partial charge in [0.2, 0.25) is 0 Å². The zero-order chi connectivity index (χ0) is 11.7. The maximum Gasteiger partial charge on any atom is 0.135 e. The molecule has 2 aliphatic rings. The first-order chi connectivity index (χ1) is 8.40. The van der Waals surface area contributed by atoms with Gasteiger partial charge >= 0.3 is 0 Å². The smallest absolute Gasteiger partial charge is 0.135 e. The van der Waals surface area contributed by atoms with Crippen molar-refractivity contribution < 1.29 is 5.11 Å². The van der Waals surface area contributed by atoms with Crippen LogP contribution < -0.4 is 4.90 Å². The fourth-order valence-corrected chi connectivity index (χ4v) is 2.86. The summed E-state index contributed by atoms with van der Waals surface area (Å²) in [6.45, 7) is 0.906. The molecule has 1 aromatic rings. The zero-order valence-corrected chi connectivity index (χ0v) is 10.1. The first-order valence-electron chi connectivity index (χ1n) is 6.60. The van der Waals surface area contributed by atoms with Crippen molar-refractivity contribution in [2.75, 3.05) is 18.1 Å². The van der Waals surface area contributed by atoms with E-state index in [-0.39, 0.29) is 6.61 Å².